The van der Waals surface area contributed by atoms with Crippen molar-refractivity contribution in [2.75, 3.05) is 11.4 Å². The van der Waals surface area contributed by atoms with Crippen LogP contribution in [-0.4, -0.2) is 23.5 Å². The maximum absolute atomic E-state index is 13.3. The minimum absolute atomic E-state index is 0.111. The van der Waals surface area contributed by atoms with E-state index in [4.69, 9.17) is 5.11 Å². The van der Waals surface area contributed by atoms with Gasteiger partial charge in [0.25, 0.3) is 0 Å². The van der Waals surface area contributed by atoms with E-state index < -0.39 is 11.8 Å². The van der Waals surface area contributed by atoms with Crippen molar-refractivity contribution in [2.24, 2.45) is 0 Å². The molecule has 1 amide bonds. The number of rotatable bonds is 4. The normalized spacial score (nSPS) is 15.2. The number of amides is 1. The van der Waals surface area contributed by atoms with Crippen LogP contribution in [0.4, 0.5) is 10.1 Å². The van der Waals surface area contributed by atoms with Crippen molar-refractivity contribution in [1.82, 2.24) is 0 Å². The van der Waals surface area contributed by atoms with Gasteiger partial charge in [0.1, 0.15) is 5.82 Å². The molecule has 1 N–H and O–H groups in total. The summed E-state index contributed by atoms with van der Waals surface area (Å²) in [4.78, 5) is 24.4. The summed E-state index contributed by atoms with van der Waals surface area (Å²) in [6.07, 6.45) is 2.85. The first-order valence-corrected chi connectivity index (χ1v) is 6.54. The number of nitrogens with zero attached hydrogens (tertiary/aromatic N) is 1. The zero-order valence-corrected chi connectivity index (χ0v) is 11.2. The third-order valence-electron chi connectivity index (χ3n) is 3.42. The monoisotopic (exact) mass is 277 g/mol. The average Bonchev–Trinajstić information content (AvgIpc) is 2.41. The van der Waals surface area contributed by atoms with Gasteiger partial charge in [-0.1, -0.05) is 19.1 Å². The molecule has 0 fully saturated rings. The zero-order valence-electron chi connectivity index (χ0n) is 11.2. The Morgan fingerprint density at radius 1 is 1.45 bits per heavy atom. The van der Waals surface area contributed by atoms with Crippen LogP contribution in [0.25, 0.3) is 0 Å². The van der Waals surface area contributed by atoms with Crippen molar-refractivity contribution < 1.29 is 19.1 Å². The van der Waals surface area contributed by atoms with Gasteiger partial charge in [0.2, 0.25) is 5.91 Å². The lowest BCUT2D eigenvalue weighted by molar-refractivity contribution is -0.132. The maximum Gasteiger partial charge on any atom is 0.331 e. The Bertz CT molecular complexity index is 580. The molecule has 2 rings (SSSR count). The fourth-order valence-corrected chi connectivity index (χ4v) is 2.30. The predicted octanol–water partition coefficient (Wildman–Crippen LogP) is 2.53. The van der Waals surface area contributed by atoms with Crippen LogP contribution in [0.1, 0.15) is 25.3 Å². The molecule has 5 heteroatoms. The van der Waals surface area contributed by atoms with Gasteiger partial charge >= 0.3 is 5.97 Å². The van der Waals surface area contributed by atoms with E-state index in [-0.39, 0.29) is 18.0 Å². The predicted molar refractivity (Wildman–Crippen MR) is 73.1 cm³/mol. The third-order valence-corrected chi connectivity index (χ3v) is 3.42. The maximum atomic E-state index is 13.3. The van der Waals surface area contributed by atoms with Crippen LogP contribution in [0.15, 0.2) is 29.8 Å². The molecule has 1 aromatic rings. The Hall–Kier alpha value is -2.17. The smallest absolute Gasteiger partial charge is 0.331 e. The summed E-state index contributed by atoms with van der Waals surface area (Å²) in [5.74, 6) is -1.50. The van der Waals surface area contributed by atoms with E-state index >= 15 is 0 Å². The molecule has 0 atom stereocenters. The van der Waals surface area contributed by atoms with Crippen molar-refractivity contribution >= 4 is 17.6 Å². The number of fused-ring (bicyclic) bond motifs is 1. The SMILES string of the molecule is CCC(=CCN1C(=O)CCc2ccc(F)cc21)C(=O)O. The zero-order chi connectivity index (χ0) is 14.7. The Labute approximate surface area is 116 Å². The highest BCUT2D eigenvalue weighted by Crippen LogP contribution is 2.28. The summed E-state index contributed by atoms with van der Waals surface area (Å²) in [6, 6.07) is 4.37. The molecule has 20 heavy (non-hydrogen) atoms. The fourth-order valence-electron chi connectivity index (χ4n) is 2.30. The van der Waals surface area contributed by atoms with Crippen molar-refractivity contribution in [3.8, 4) is 0 Å². The summed E-state index contributed by atoms with van der Waals surface area (Å²) in [7, 11) is 0. The second kappa shape index (κ2) is 5.86. The average molecular weight is 277 g/mol. The molecule has 1 aliphatic rings. The number of carbonyl (C=O) groups is 2. The van der Waals surface area contributed by atoms with Crippen LogP contribution in [0, 0.1) is 5.82 Å². The molecule has 0 radical (unpaired) electrons. The van der Waals surface area contributed by atoms with E-state index in [1.165, 1.54) is 23.1 Å². The molecule has 0 aromatic heterocycles. The number of aliphatic carboxylic acids is 1. The van der Waals surface area contributed by atoms with Crippen LogP contribution >= 0.6 is 0 Å². The minimum Gasteiger partial charge on any atom is -0.478 e. The van der Waals surface area contributed by atoms with Crippen molar-refractivity contribution in [1.29, 1.82) is 0 Å². The second-order valence-corrected chi connectivity index (χ2v) is 4.67. The number of benzene rings is 1. The number of carboxylic acids is 1. The molecule has 0 aliphatic carbocycles. The molecule has 4 nitrogen and oxygen atoms in total. The molecule has 1 aromatic carbocycles. The molecule has 0 unspecified atom stereocenters. The van der Waals surface area contributed by atoms with Gasteiger partial charge in [-0.05, 0) is 30.5 Å². The van der Waals surface area contributed by atoms with E-state index in [1.54, 1.807) is 13.0 Å². The lowest BCUT2D eigenvalue weighted by Gasteiger charge is -2.28. The van der Waals surface area contributed by atoms with Crippen LogP contribution < -0.4 is 4.90 Å². The first kappa shape index (κ1) is 14.2. The minimum atomic E-state index is -0.989. The van der Waals surface area contributed by atoms with Gasteiger partial charge in [-0.25, -0.2) is 9.18 Å². The summed E-state index contributed by atoms with van der Waals surface area (Å²) >= 11 is 0. The van der Waals surface area contributed by atoms with Crippen LogP contribution in [0.2, 0.25) is 0 Å². The number of anilines is 1. The summed E-state index contributed by atoms with van der Waals surface area (Å²) in [5, 5.41) is 8.98. The highest BCUT2D eigenvalue weighted by Gasteiger charge is 2.24. The van der Waals surface area contributed by atoms with Gasteiger partial charge in [-0.15, -0.1) is 0 Å². The Morgan fingerprint density at radius 3 is 2.85 bits per heavy atom. The number of hydrogen-bond acceptors (Lipinski definition) is 2. The molecular formula is C15H16FNO3. The van der Waals surface area contributed by atoms with Crippen LogP contribution in [-0.2, 0) is 16.0 Å². The molecule has 0 saturated heterocycles. The number of hydrogen-bond donors (Lipinski definition) is 1. The van der Waals surface area contributed by atoms with Crippen LogP contribution in [0.3, 0.4) is 0 Å². The Balaban J connectivity index is 2.30. The van der Waals surface area contributed by atoms with Crippen molar-refractivity contribution in [3.05, 3.63) is 41.2 Å². The van der Waals surface area contributed by atoms with E-state index in [2.05, 4.69) is 0 Å². The molecule has 106 valence electrons. The fraction of sp³-hybridized carbons (Fsp3) is 0.333. The highest BCUT2D eigenvalue weighted by atomic mass is 19.1. The summed E-state index contributed by atoms with van der Waals surface area (Å²) in [6.45, 7) is 1.90. The lowest BCUT2D eigenvalue weighted by Crippen LogP contribution is -2.35. The number of halogens is 1. The van der Waals surface area contributed by atoms with E-state index in [0.29, 0.717) is 24.9 Å². The second-order valence-electron chi connectivity index (χ2n) is 4.67. The van der Waals surface area contributed by atoms with Gasteiger partial charge in [0, 0.05) is 18.5 Å². The highest BCUT2D eigenvalue weighted by molar-refractivity contribution is 5.97. The van der Waals surface area contributed by atoms with E-state index in [1.807, 2.05) is 0 Å². The van der Waals surface area contributed by atoms with Gasteiger partial charge in [-0.3, -0.25) is 4.79 Å². The lowest BCUT2D eigenvalue weighted by atomic mass is 10.0. The summed E-state index contributed by atoms with van der Waals surface area (Å²) in [5.41, 5.74) is 1.70. The molecule has 1 aliphatic heterocycles. The van der Waals surface area contributed by atoms with Crippen molar-refractivity contribution in [2.45, 2.75) is 26.2 Å². The molecule has 1 heterocycles. The molecule has 0 spiro atoms. The van der Waals surface area contributed by atoms with Crippen LogP contribution in [0.5, 0.6) is 0 Å². The quantitative estimate of drug-likeness (QED) is 0.860. The largest absolute Gasteiger partial charge is 0.478 e. The number of carboxylic acid groups (broad SMARTS) is 1. The molecule has 0 bridgehead atoms. The third kappa shape index (κ3) is 2.87. The van der Waals surface area contributed by atoms with Gasteiger partial charge in [-0.2, -0.15) is 0 Å². The van der Waals surface area contributed by atoms with Gasteiger partial charge < -0.3 is 10.0 Å². The van der Waals surface area contributed by atoms with Gasteiger partial charge in [0.05, 0.1) is 5.69 Å². The molecule has 0 saturated carbocycles. The van der Waals surface area contributed by atoms with E-state index in [9.17, 15) is 14.0 Å². The number of aryl methyl sites for hydroxylation is 1. The van der Waals surface area contributed by atoms with Gasteiger partial charge in [0.15, 0.2) is 0 Å². The standard InChI is InChI=1S/C15H16FNO3/c1-2-10(15(19)20)7-8-17-13-9-12(16)5-3-11(13)4-6-14(17)18/h3,5,7,9H,2,4,6,8H2,1H3,(H,19,20). The first-order chi connectivity index (χ1) is 9.52. The van der Waals surface area contributed by atoms with Crippen molar-refractivity contribution in [3.63, 3.8) is 0 Å². The summed E-state index contributed by atoms with van der Waals surface area (Å²) < 4.78 is 13.3. The number of carbonyl (C=O) groups excluding carboxylic acids is 1. The molecular weight excluding hydrogens is 261 g/mol. The van der Waals surface area contributed by atoms with E-state index in [0.717, 1.165) is 5.56 Å². The first-order valence-electron chi connectivity index (χ1n) is 6.54. The Morgan fingerprint density at radius 2 is 2.20 bits per heavy atom. The topological polar surface area (TPSA) is 57.6 Å². The Kier molecular flexibility index (Phi) is 4.17.